The van der Waals surface area contributed by atoms with Crippen molar-refractivity contribution in [3.63, 3.8) is 0 Å². The van der Waals surface area contributed by atoms with E-state index in [1.807, 2.05) is 17.9 Å². The summed E-state index contributed by atoms with van der Waals surface area (Å²) in [6, 6.07) is 5.54. The van der Waals surface area contributed by atoms with E-state index in [1.165, 1.54) is 0 Å². The number of benzene rings is 1. The van der Waals surface area contributed by atoms with Gasteiger partial charge in [-0.3, -0.25) is 0 Å². The Kier molecular flexibility index (Phi) is 3.96. The van der Waals surface area contributed by atoms with Crippen LogP contribution in [0, 0.1) is 18.3 Å². The number of amides is 2. The van der Waals surface area contributed by atoms with Crippen LogP contribution in [0.1, 0.15) is 30.9 Å². The van der Waals surface area contributed by atoms with E-state index in [0.29, 0.717) is 16.3 Å². The van der Waals surface area contributed by atoms with E-state index in [4.69, 9.17) is 16.9 Å². The van der Waals surface area contributed by atoms with Gasteiger partial charge < -0.3 is 10.2 Å². The molecule has 1 N–H and O–H groups in total. The minimum Gasteiger partial charge on any atom is -0.322 e. The minimum absolute atomic E-state index is 0.103. The van der Waals surface area contributed by atoms with E-state index >= 15 is 0 Å². The molecule has 4 nitrogen and oxygen atoms in total. The highest BCUT2D eigenvalue weighted by Gasteiger charge is 2.25. The SMILES string of the molecule is Cc1c(NC(=O)N2CCC[C@H]2C)ccc(C#N)c1Cl. The third kappa shape index (κ3) is 2.66. The second-order valence-corrected chi connectivity index (χ2v) is 5.20. The van der Waals surface area contributed by atoms with Crippen LogP contribution in [0.5, 0.6) is 0 Å². The van der Waals surface area contributed by atoms with Crippen molar-refractivity contribution in [3.8, 4) is 6.07 Å². The van der Waals surface area contributed by atoms with Gasteiger partial charge in [0.15, 0.2) is 0 Å². The van der Waals surface area contributed by atoms with Crippen LogP contribution in [0.15, 0.2) is 12.1 Å². The minimum atomic E-state index is -0.103. The largest absolute Gasteiger partial charge is 0.322 e. The molecule has 0 saturated carbocycles. The molecule has 0 bridgehead atoms. The predicted octanol–water partition coefficient (Wildman–Crippen LogP) is 3.54. The molecule has 100 valence electrons. The fraction of sp³-hybridized carbons (Fsp3) is 0.429. The summed E-state index contributed by atoms with van der Waals surface area (Å²) in [5.41, 5.74) is 1.81. The first kappa shape index (κ1) is 13.7. The van der Waals surface area contributed by atoms with Gasteiger partial charge in [-0.25, -0.2) is 4.79 Å². The molecule has 1 atom stereocenters. The van der Waals surface area contributed by atoms with Crippen LogP contribution in [-0.2, 0) is 0 Å². The van der Waals surface area contributed by atoms with Crippen molar-refractivity contribution in [1.82, 2.24) is 4.90 Å². The number of nitrogens with zero attached hydrogens (tertiary/aromatic N) is 2. The summed E-state index contributed by atoms with van der Waals surface area (Å²) in [5.74, 6) is 0. The Hall–Kier alpha value is -1.73. The Bertz CT molecular complexity index is 550. The van der Waals surface area contributed by atoms with Crippen LogP contribution < -0.4 is 5.32 Å². The maximum atomic E-state index is 12.1. The second-order valence-electron chi connectivity index (χ2n) is 4.83. The number of carbonyl (C=O) groups excluding carboxylic acids is 1. The van der Waals surface area contributed by atoms with Gasteiger partial charge >= 0.3 is 6.03 Å². The molecule has 0 aliphatic carbocycles. The quantitative estimate of drug-likeness (QED) is 0.854. The van der Waals surface area contributed by atoms with Gasteiger partial charge in [-0.15, -0.1) is 0 Å². The molecular weight excluding hydrogens is 262 g/mol. The van der Waals surface area contributed by atoms with E-state index in [2.05, 4.69) is 5.32 Å². The van der Waals surface area contributed by atoms with Crippen molar-refractivity contribution in [2.24, 2.45) is 0 Å². The van der Waals surface area contributed by atoms with E-state index in [9.17, 15) is 4.79 Å². The van der Waals surface area contributed by atoms with Crippen molar-refractivity contribution >= 4 is 23.3 Å². The summed E-state index contributed by atoms with van der Waals surface area (Å²) in [5, 5.41) is 12.2. The molecule has 1 aliphatic heterocycles. The Balaban J connectivity index is 2.18. The summed E-state index contributed by atoms with van der Waals surface area (Å²) in [6.07, 6.45) is 2.09. The number of likely N-dealkylation sites (tertiary alicyclic amines) is 1. The van der Waals surface area contributed by atoms with Gasteiger partial charge in [0.05, 0.1) is 10.6 Å². The first-order valence-electron chi connectivity index (χ1n) is 6.31. The van der Waals surface area contributed by atoms with E-state index in [-0.39, 0.29) is 12.1 Å². The zero-order chi connectivity index (χ0) is 14.0. The molecule has 1 aliphatic rings. The highest BCUT2D eigenvalue weighted by molar-refractivity contribution is 6.33. The summed E-state index contributed by atoms with van der Waals surface area (Å²) < 4.78 is 0. The van der Waals surface area contributed by atoms with Crippen LogP contribution in [0.3, 0.4) is 0 Å². The molecular formula is C14H16ClN3O. The number of anilines is 1. The van der Waals surface area contributed by atoms with Gasteiger partial charge in [0.25, 0.3) is 0 Å². The molecule has 0 spiro atoms. The van der Waals surface area contributed by atoms with Crippen LogP contribution in [0.4, 0.5) is 10.5 Å². The van der Waals surface area contributed by atoms with Gasteiger partial charge in [-0.1, -0.05) is 11.6 Å². The summed E-state index contributed by atoms with van der Waals surface area (Å²) in [4.78, 5) is 14.0. The van der Waals surface area contributed by atoms with Crippen LogP contribution in [0.25, 0.3) is 0 Å². The Morgan fingerprint density at radius 2 is 2.32 bits per heavy atom. The number of halogens is 1. The number of hydrogen-bond donors (Lipinski definition) is 1. The molecule has 5 heteroatoms. The van der Waals surface area contributed by atoms with Gasteiger partial charge in [0.2, 0.25) is 0 Å². The van der Waals surface area contributed by atoms with Crippen LogP contribution >= 0.6 is 11.6 Å². The third-order valence-electron chi connectivity index (χ3n) is 3.56. The molecule has 2 amide bonds. The lowest BCUT2D eigenvalue weighted by Gasteiger charge is -2.22. The molecule has 1 heterocycles. The van der Waals surface area contributed by atoms with Gasteiger partial charge in [0.1, 0.15) is 6.07 Å². The molecule has 19 heavy (non-hydrogen) atoms. The summed E-state index contributed by atoms with van der Waals surface area (Å²) in [6.45, 7) is 4.63. The van der Waals surface area contributed by atoms with Crippen molar-refractivity contribution < 1.29 is 4.79 Å². The number of rotatable bonds is 1. The van der Waals surface area contributed by atoms with E-state index in [1.54, 1.807) is 19.1 Å². The second kappa shape index (κ2) is 5.50. The lowest BCUT2D eigenvalue weighted by Crippen LogP contribution is -2.37. The number of nitriles is 1. The Morgan fingerprint density at radius 3 is 2.89 bits per heavy atom. The lowest BCUT2D eigenvalue weighted by molar-refractivity contribution is 0.210. The number of urea groups is 1. The molecule has 0 aromatic heterocycles. The molecule has 1 fully saturated rings. The van der Waals surface area contributed by atoms with Crippen molar-refractivity contribution in [2.75, 3.05) is 11.9 Å². The Morgan fingerprint density at radius 1 is 1.58 bits per heavy atom. The molecule has 2 rings (SSSR count). The summed E-state index contributed by atoms with van der Waals surface area (Å²) >= 11 is 6.08. The molecule has 0 radical (unpaired) electrons. The fourth-order valence-electron chi connectivity index (χ4n) is 2.33. The van der Waals surface area contributed by atoms with Gasteiger partial charge in [0, 0.05) is 18.3 Å². The normalized spacial score (nSPS) is 18.2. The fourth-order valence-corrected chi connectivity index (χ4v) is 2.54. The molecule has 0 unspecified atom stereocenters. The lowest BCUT2D eigenvalue weighted by atomic mass is 10.1. The van der Waals surface area contributed by atoms with Crippen LogP contribution in [0.2, 0.25) is 5.02 Å². The maximum absolute atomic E-state index is 12.1. The first-order chi connectivity index (χ1) is 9.04. The predicted molar refractivity (Wildman–Crippen MR) is 75.3 cm³/mol. The van der Waals surface area contributed by atoms with Crippen LogP contribution in [-0.4, -0.2) is 23.5 Å². The third-order valence-corrected chi connectivity index (χ3v) is 4.05. The van der Waals surface area contributed by atoms with Crippen molar-refractivity contribution in [3.05, 3.63) is 28.3 Å². The number of nitrogens with one attached hydrogen (secondary N) is 1. The average Bonchev–Trinajstić information content (AvgIpc) is 2.81. The van der Waals surface area contributed by atoms with Gasteiger partial charge in [-0.2, -0.15) is 5.26 Å². The molecule has 1 aromatic rings. The monoisotopic (exact) mass is 277 g/mol. The zero-order valence-electron chi connectivity index (χ0n) is 11.0. The first-order valence-corrected chi connectivity index (χ1v) is 6.69. The molecule has 1 aromatic carbocycles. The number of hydrogen-bond acceptors (Lipinski definition) is 2. The number of carbonyl (C=O) groups is 1. The zero-order valence-corrected chi connectivity index (χ0v) is 11.8. The summed E-state index contributed by atoms with van der Waals surface area (Å²) in [7, 11) is 0. The topological polar surface area (TPSA) is 56.1 Å². The molecule has 1 saturated heterocycles. The maximum Gasteiger partial charge on any atom is 0.322 e. The van der Waals surface area contributed by atoms with Crippen molar-refractivity contribution in [2.45, 2.75) is 32.7 Å². The van der Waals surface area contributed by atoms with Gasteiger partial charge in [-0.05, 0) is 44.4 Å². The average molecular weight is 278 g/mol. The van der Waals surface area contributed by atoms with E-state index in [0.717, 1.165) is 24.9 Å². The van der Waals surface area contributed by atoms with Crippen molar-refractivity contribution in [1.29, 1.82) is 5.26 Å². The highest BCUT2D eigenvalue weighted by atomic mass is 35.5. The Labute approximate surface area is 118 Å². The standard InChI is InChI=1S/C14H16ClN3O/c1-9-4-3-7-18(9)14(19)17-12-6-5-11(8-16)13(15)10(12)2/h5-6,9H,3-4,7H2,1-2H3,(H,17,19)/t9-/m1/s1. The van der Waals surface area contributed by atoms with E-state index < -0.39 is 0 Å². The smallest absolute Gasteiger partial charge is 0.322 e. The highest BCUT2D eigenvalue weighted by Crippen LogP contribution is 2.27.